The van der Waals surface area contributed by atoms with E-state index < -0.39 is 0 Å². The summed E-state index contributed by atoms with van der Waals surface area (Å²) < 4.78 is 5.15. The number of hydrogen-bond donors (Lipinski definition) is 0. The molecule has 23 heavy (non-hydrogen) atoms. The van der Waals surface area contributed by atoms with Crippen molar-refractivity contribution in [2.45, 2.75) is 12.8 Å². The fourth-order valence-corrected chi connectivity index (χ4v) is 2.80. The van der Waals surface area contributed by atoms with Crippen molar-refractivity contribution < 1.29 is 14.3 Å². The van der Waals surface area contributed by atoms with E-state index in [2.05, 4.69) is 0 Å². The van der Waals surface area contributed by atoms with E-state index in [9.17, 15) is 9.59 Å². The molecule has 0 aromatic heterocycles. The molecule has 1 amide bonds. The van der Waals surface area contributed by atoms with Gasteiger partial charge in [0.25, 0.3) is 5.91 Å². The van der Waals surface area contributed by atoms with Gasteiger partial charge in [-0.25, -0.2) is 0 Å². The zero-order chi connectivity index (χ0) is 16.2. The maximum Gasteiger partial charge on any atom is 0.253 e. The minimum Gasteiger partial charge on any atom is -0.497 e. The SMILES string of the molecule is COc1cccc(C(=O)c2ccc(C(=O)N3CCCC3)cc2)c1. The van der Waals surface area contributed by atoms with Gasteiger partial charge in [-0.05, 0) is 37.1 Å². The number of ketones is 1. The number of rotatable bonds is 4. The van der Waals surface area contributed by atoms with E-state index in [1.807, 2.05) is 4.90 Å². The van der Waals surface area contributed by atoms with Crippen LogP contribution in [0.5, 0.6) is 5.75 Å². The molecule has 2 aromatic carbocycles. The molecule has 1 saturated heterocycles. The quantitative estimate of drug-likeness (QED) is 0.815. The molecule has 0 radical (unpaired) electrons. The lowest BCUT2D eigenvalue weighted by molar-refractivity contribution is 0.0792. The van der Waals surface area contributed by atoms with Crippen LogP contribution in [0.3, 0.4) is 0 Å². The summed E-state index contributed by atoms with van der Waals surface area (Å²) in [5, 5.41) is 0. The number of ether oxygens (including phenoxy) is 1. The van der Waals surface area contributed by atoms with Gasteiger partial charge in [0.15, 0.2) is 5.78 Å². The van der Waals surface area contributed by atoms with E-state index in [1.165, 1.54) is 0 Å². The highest BCUT2D eigenvalue weighted by molar-refractivity contribution is 6.09. The van der Waals surface area contributed by atoms with Crippen molar-refractivity contribution in [3.05, 3.63) is 65.2 Å². The highest BCUT2D eigenvalue weighted by Gasteiger charge is 2.19. The first-order chi connectivity index (χ1) is 11.2. The van der Waals surface area contributed by atoms with Crippen molar-refractivity contribution in [2.75, 3.05) is 20.2 Å². The number of amides is 1. The third-order valence-corrected chi connectivity index (χ3v) is 4.12. The average molecular weight is 309 g/mol. The van der Waals surface area contributed by atoms with Crippen molar-refractivity contribution in [3.63, 3.8) is 0 Å². The van der Waals surface area contributed by atoms with Gasteiger partial charge in [0.1, 0.15) is 5.75 Å². The van der Waals surface area contributed by atoms with Gasteiger partial charge >= 0.3 is 0 Å². The zero-order valence-electron chi connectivity index (χ0n) is 13.1. The molecule has 0 atom stereocenters. The first-order valence-corrected chi connectivity index (χ1v) is 7.77. The van der Waals surface area contributed by atoms with Crippen molar-refractivity contribution in [1.29, 1.82) is 0 Å². The van der Waals surface area contributed by atoms with Crippen molar-refractivity contribution in [1.82, 2.24) is 4.90 Å². The monoisotopic (exact) mass is 309 g/mol. The van der Waals surface area contributed by atoms with Gasteiger partial charge in [-0.3, -0.25) is 9.59 Å². The van der Waals surface area contributed by atoms with Crippen LogP contribution in [-0.4, -0.2) is 36.8 Å². The third-order valence-electron chi connectivity index (χ3n) is 4.12. The van der Waals surface area contributed by atoms with Crippen LogP contribution in [0.1, 0.15) is 39.1 Å². The van der Waals surface area contributed by atoms with Crippen LogP contribution < -0.4 is 4.74 Å². The number of nitrogens with zero attached hydrogens (tertiary/aromatic N) is 1. The summed E-state index contributed by atoms with van der Waals surface area (Å²) in [5.74, 6) is 0.614. The van der Waals surface area contributed by atoms with E-state index in [4.69, 9.17) is 4.74 Å². The number of methoxy groups -OCH3 is 1. The molecule has 0 unspecified atom stereocenters. The molecule has 118 valence electrons. The summed E-state index contributed by atoms with van der Waals surface area (Å²) in [5.41, 5.74) is 1.77. The molecule has 1 aliphatic heterocycles. The second-order valence-corrected chi connectivity index (χ2v) is 5.64. The van der Waals surface area contributed by atoms with Crippen LogP contribution in [0.4, 0.5) is 0 Å². The lowest BCUT2D eigenvalue weighted by Crippen LogP contribution is -2.27. The molecule has 1 fully saturated rings. The van der Waals surface area contributed by atoms with Crippen LogP contribution in [0.2, 0.25) is 0 Å². The Bertz CT molecular complexity index is 716. The largest absolute Gasteiger partial charge is 0.497 e. The summed E-state index contributed by atoms with van der Waals surface area (Å²) >= 11 is 0. The second kappa shape index (κ2) is 6.65. The van der Waals surface area contributed by atoms with Gasteiger partial charge in [-0.15, -0.1) is 0 Å². The molecule has 1 aliphatic rings. The maximum atomic E-state index is 12.5. The zero-order valence-corrected chi connectivity index (χ0v) is 13.1. The van der Waals surface area contributed by atoms with Gasteiger partial charge in [0, 0.05) is 29.8 Å². The summed E-state index contributed by atoms with van der Waals surface area (Å²) in [6, 6.07) is 13.9. The minimum atomic E-state index is -0.0796. The highest BCUT2D eigenvalue weighted by atomic mass is 16.5. The third kappa shape index (κ3) is 3.26. The van der Waals surface area contributed by atoms with E-state index in [1.54, 1.807) is 55.6 Å². The first-order valence-electron chi connectivity index (χ1n) is 7.77. The average Bonchev–Trinajstić information content (AvgIpc) is 3.15. The van der Waals surface area contributed by atoms with Crippen LogP contribution in [0.15, 0.2) is 48.5 Å². The topological polar surface area (TPSA) is 46.6 Å². The molecule has 0 spiro atoms. The summed E-state index contributed by atoms with van der Waals surface area (Å²) in [7, 11) is 1.57. The molecular weight excluding hydrogens is 290 g/mol. The van der Waals surface area contributed by atoms with E-state index in [0.29, 0.717) is 22.4 Å². The molecule has 0 aliphatic carbocycles. The van der Waals surface area contributed by atoms with Gasteiger partial charge in [0.2, 0.25) is 0 Å². The smallest absolute Gasteiger partial charge is 0.253 e. The Kier molecular flexibility index (Phi) is 4.42. The van der Waals surface area contributed by atoms with Gasteiger partial charge in [-0.1, -0.05) is 24.3 Å². The Balaban J connectivity index is 1.78. The lowest BCUT2D eigenvalue weighted by atomic mass is 10.0. The van der Waals surface area contributed by atoms with Crippen molar-refractivity contribution in [2.24, 2.45) is 0 Å². The Morgan fingerprint density at radius 1 is 0.913 bits per heavy atom. The van der Waals surface area contributed by atoms with Crippen LogP contribution in [0.25, 0.3) is 0 Å². The maximum absolute atomic E-state index is 12.5. The molecular formula is C19H19NO3. The summed E-state index contributed by atoms with van der Waals surface area (Å²) in [6.45, 7) is 1.65. The molecule has 0 bridgehead atoms. The van der Waals surface area contributed by atoms with E-state index in [0.717, 1.165) is 25.9 Å². The molecule has 3 rings (SSSR count). The molecule has 4 nitrogen and oxygen atoms in total. The van der Waals surface area contributed by atoms with Crippen LogP contribution >= 0.6 is 0 Å². The number of hydrogen-bond acceptors (Lipinski definition) is 3. The van der Waals surface area contributed by atoms with Crippen LogP contribution in [-0.2, 0) is 0 Å². The Hall–Kier alpha value is -2.62. The summed E-state index contributed by atoms with van der Waals surface area (Å²) in [4.78, 5) is 26.7. The number of carbonyl (C=O) groups excluding carboxylic acids is 2. The number of likely N-dealkylation sites (tertiary alicyclic amines) is 1. The number of carbonyl (C=O) groups is 2. The highest BCUT2D eigenvalue weighted by Crippen LogP contribution is 2.18. The predicted molar refractivity (Wildman–Crippen MR) is 88.0 cm³/mol. The predicted octanol–water partition coefficient (Wildman–Crippen LogP) is 3.16. The normalized spacial score (nSPS) is 13.9. The molecule has 0 saturated carbocycles. The van der Waals surface area contributed by atoms with Gasteiger partial charge < -0.3 is 9.64 Å². The Morgan fingerprint density at radius 3 is 2.22 bits per heavy atom. The van der Waals surface area contributed by atoms with Crippen LogP contribution in [0, 0.1) is 0 Å². The van der Waals surface area contributed by atoms with Crippen molar-refractivity contribution in [3.8, 4) is 5.75 Å². The van der Waals surface area contributed by atoms with Gasteiger partial charge in [-0.2, -0.15) is 0 Å². The fourth-order valence-electron chi connectivity index (χ4n) is 2.80. The molecule has 1 heterocycles. The molecule has 4 heteroatoms. The lowest BCUT2D eigenvalue weighted by Gasteiger charge is -2.15. The van der Waals surface area contributed by atoms with E-state index in [-0.39, 0.29) is 11.7 Å². The fraction of sp³-hybridized carbons (Fsp3) is 0.263. The molecule has 2 aromatic rings. The second-order valence-electron chi connectivity index (χ2n) is 5.64. The number of benzene rings is 2. The minimum absolute atomic E-state index is 0.0443. The molecule has 0 N–H and O–H groups in total. The van der Waals surface area contributed by atoms with Gasteiger partial charge in [0.05, 0.1) is 7.11 Å². The standard InChI is InChI=1S/C19H19NO3/c1-23-17-6-4-5-16(13-17)18(21)14-7-9-15(10-8-14)19(22)20-11-2-3-12-20/h4-10,13H,2-3,11-12H2,1H3. The Labute approximate surface area is 135 Å². The first kappa shape index (κ1) is 15.3. The Morgan fingerprint density at radius 2 is 1.57 bits per heavy atom. The van der Waals surface area contributed by atoms with Crippen molar-refractivity contribution >= 4 is 11.7 Å². The summed E-state index contributed by atoms with van der Waals surface area (Å²) in [6.07, 6.45) is 2.14. The van der Waals surface area contributed by atoms with E-state index >= 15 is 0 Å².